The molecule has 0 radical (unpaired) electrons. The number of hydrogen-bond donors (Lipinski definition) is 1. The van der Waals surface area contributed by atoms with Gasteiger partial charge in [-0.05, 0) is 30.2 Å². The molecule has 0 unspecified atom stereocenters. The summed E-state index contributed by atoms with van der Waals surface area (Å²) >= 11 is 0. The maximum absolute atomic E-state index is 12.5. The summed E-state index contributed by atoms with van der Waals surface area (Å²) in [6.07, 6.45) is 4.21. The number of nitrogens with zero attached hydrogens (tertiary/aromatic N) is 4. The molecule has 1 atom stereocenters. The normalized spacial score (nSPS) is 19.4. The maximum Gasteiger partial charge on any atom is 0.226 e. The quantitative estimate of drug-likeness (QED) is 0.836. The molecule has 138 valence electrons. The molecule has 0 spiro atoms. The van der Waals surface area contributed by atoms with Crippen molar-refractivity contribution in [3.05, 3.63) is 48.3 Å². The summed E-state index contributed by atoms with van der Waals surface area (Å²) in [5, 5.41) is 10.9. The molecule has 1 aromatic heterocycles. The SMILES string of the molecule is COc1cccc(CC(=O)N(C)C[C@]2(O)CCN(c3ncccn3)C2)c1. The van der Waals surface area contributed by atoms with Gasteiger partial charge in [-0.25, -0.2) is 9.97 Å². The van der Waals surface area contributed by atoms with Crippen LogP contribution in [0.5, 0.6) is 5.75 Å². The van der Waals surface area contributed by atoms with E-state index in [9.17, 15) is 9.90 Å². The van der Waals surface area contributed by atoms with E-state index in [0.29, 0.717) is 25.5 Å². The second kappa shape index (κ2) is 7.70. The van der Waals surface area contributed by atoms with Gasteiger partial charge in [0.05, 0.1) is 26.6 Å². The van der Waals surface area contributed by atoms with Gasteiger partial charge in [0.25, 0.3) is 0 Å². The third-order valence-electron chi connectivity index (χ3n) is 4.61. The Morgan fingerprint density at radius 2 is 2.12 bits per heavy atom. The van der Waals surface area contributed by atoms with Crippen molar-refractivity contribution in [1.29, 1.82) is 0 Å². The molecular weight excluding hydrogens is 332 g/mol. The van der Waals surface area contributed by atoms with E-state index in [-0.39, 0.29) is 18.9 Å². The fourth-order valence-electron chi connectivity index (χ4n) is 3.23. The zero-order valence-corrected chi connectivity index (χ0v) is 15.1. The molecule has 0 saturated carbocycles. The number of β-amino-alcohol motifs (C(OH)–C–C–N with tert-alkyl or cyclic N) is 1. The van der Waals surface area contributed by atoms with Crippen molar-refractivity contribution < 1.29 is 14.6 Å². The van der Waals surface area contributed by atoms with E-state index in [1.807, 2.05) is 29.2 Å². The number of benzene rings is 1. The zero-order valence-electron chi connectivity index (χ0n) is 15.1. The van der Waals surface area contributed by atoms with Gasteiger partial charge in [0.15, 0.2) is 0 Å². The first-order valence-electron chi connectivity index (χ1n) is 8.60. The Hall–Kier alpha value is -2.67. The van der Waals surface area contributed by atoms with Gasteiger partial charge >= 0.3 is 0 Å². The lowest BCUT2D eigenvalue weighted by atomic mass is 10.0. The van der Waals surface area contributed by atoms with Gasteiger partial charge in [-0.3, -0.25) is 4.79 Å². The van der Waals surface area contributed by atoms with E-state index in [0.717, 1.165) is 11.3 Å². The number of anilines is 1. The Morgan fingerprint density at radius 1 is 1.35 bits per heavy atom. The van der Waals surface area contributed by atoms with E-state index < -0.39 is 5.60 Å². The summed E-state index contributed by atoms with van der Waals surface area (Å²) in [4.78, 5) is 24.5. The number of hydrogen-bond acceptors (Lipinski definition) is 6. The highest BCUT2D eigenvalue weighted by molar-refractivity contribution is 5.78. The van der Waals surface area contributed by atoms with E-state index in [2.05, 4.69) is 9.97 Å². The number of aromatic nitrogens is 2. The number of amides is 1. The van der Waals surface area contributed by atoms with Crippen LogP contribution in [0.4, 0.5) is 5.95 Å². The molecule has 3 rings (SSSR count). The van der Waals surface area contributed by atoms with Gasteiger partial charge in [0.2, 0.25) is 11.9 Å². The van der Waals surface area contributed by atoms with Gasteiger partial charge in [-0.15, -0.1) is 0 Å². The fourth-order valence-corrected chi connectivity index (χ4v) is 3.23. The van der Waals surface area contributed by atoms with Crippen LogP contribution in [0.25, 0.3) is 0 Å². The summed E-state index contributed by atoms with van der Waals surface area (Å²) in [5.74, 6) is 1.29. The minimum atomic E-state index is -0.960. The Bertz CT molecular complexity index is 755. The van der Waals surface area contributed by atoms with Crippen LogP contribution in [-0.4, -0.2) is 65.3 Å². The number of aliphatic hydroxyl groups is 1. The highest BCUT2D eigenvalue weighted by atomic mass is 16.5. The first-order valence-corrected chi connectivity index (χ1v) is 8.60. The minimum absolute atomic E-state index is 0.0407. The molecule has 7 heteroatoms. The third kappa shape index (κ3) is 4.29. The molecule has 1 N–H and O–H groups in total. The van der Waals surface area contributed by atoms with Crippen LogP contribution < -0.4 is 9.64 Å². The molecule has 7 nitrogen and oxygen atoms in total. The van der Waals surface area contributed by atoms with Crippen LogP contribution in [0, 0.1) is 0 Å². The van der Waals surface area contributed by atoms with Crippen molar-refractivity contribution in [3.8, 4) is 5.75 Å². The highest BCUT2D eigenvalue weighted by Gasteiger charge is 2.38. The van der Waals surface area contributed by atoms with Crippen LogP contribution in [0.2, 0.25) is 0 Å². The second-order valence-electron chi connectivity index (χ2n) is 6.72. The molecule has 2 aromatic rings. The summed E-state index contributed by atoms with van der Waals surface area (Å²) in [6.45, 7) is 1.35. The Kier molecular flexibility index (Phi) is 5.37. The summed E-state index contributed by atoms with van der Waals surface area (Å²) < 4.78 is 5.19. The molecule has 1 fully saturated rings. The van der Waals surface area contributed by atoms with Crippen molar-refractivity contribution in [3.63, 3.8) is 0 Å². The van der Waals surface area contributed by atoms with Crippen molar-refractivity contribution in [2.24, 2.45) is 0 Å². The van der Waals surface area contributed by atoms with E-state index in [4.69, 9.17) is 4.74 Å². The molecule has 1 amide bonds. The van der Waals surface area contributed by atoms with Gasteiger partial charge in [0, 0.05) is 26.0 Å². The predicted molar refractivity (Wildman–Crippen MR) is 98.1 cm³/mol. The molecular formula is C19H24N4O3. The Labute approximate surface area is 153 Å². The van der Waals surface area contributed by atoms with Gasteiger partial charge < -0.3 is 19.6 Å². The molecule has 0 bridgehead atoms. The number of likely N-dealkylation sites (N-methyl/N-ethyl adjacent to an activating group) is 1. The number of carbonyl (C=O) groups excluding carboxylic acids is 1. The largest absolute Gasteiger partial charge is 0.497 e. The molecule has 1 saturated heterocycles. The first kappa shape index (κ1) is 18.1. The number of rotatable bonds is 6. The lowest BCUT2D eigenvalue weighted by Gasteiger charge is -2.29. The van der Waals surface area contributed by atoms with E-state index >= 15 is 0 Å². The lowest BCUT2D eigenvalue weighted by molar-refractivity contribution is -0.132. The smallest absolute Gasteiger partial charge is 0.226 e. The average molecular weight is 356 g/mol. The van der Waals surface area contributed by atoms with Crippen LogP contribution in [0.3, 0.4) is 0 Å². The molecule has 0 aliphatic carbocycles. The zero-order chi connectivity index (χ0) is 18.6. The maximum atomic E-state index is 12.5. The lowest BCUT2D eigenvalue weighted by Crippen LogP contribution is -2.46. The number of ether oxygens (including phenoxy) is 1. The predicted octanol–water partition coefficient (Wildman–Crippen LogP) is 1.13. The van der Waals surface area contributed by atoms with Crippen LogP contribution in [0.15, 0.2) is 42.7 Å². The Balaban J connectivity index is 1.58. The minimum Gasteiger partial charge on any atom is -0.497 e. The standard InChI is InChI=1S/C19H24N4O3/c1-22(17(24)12-15-5-3-6-16(11-15)26-2)13-19(25)7-10-23(14-19)18-20-8-4-9-21-18/h3-6,8-9,11,25H,7,10,12-14H2,1-2H3/t19-/m1/s1. The van der Waals surface area contributed by atoms with Gasteiger partial charge in [0.1, 0.15) is 11.4 Å². The van der Waals surface area contributed by atoms with Crippen molar-refractivity contribution in [2.45, 2.75) is 18.4 Å². The van der Waals surface area contributed by atoms with Crippen molar-refractivity contribution in [1.82, 2.24) is 14.9 Å². The van der Waals surface area contributed by atoms with Crippen molar-refractivity contribution >= 4 is 11.9 Å². The Morgan fingerprint density at radius 3 is 2.85 bits per heavy atom. The fraction of sp³-hybridized carbons (Fsp3) is 0.421. The van der Waals surface area contributed by atoms with E-state index in [1.54, 1.807) is 37.5 Å². The molecule has 1 aliphatic heterocycles. The van der Waals surface area contributed by atoms with E-state index in [1.165, 1.54) is 0 Å². The molecule has 1 aromatic carbocycles. The van der Waals surface area contributed by atoms with Crippen LogP contribution in [0.1, 0.15) is 12.0 Å². The van der Waals surface area contributed by atoms with Crippen molar-refractivity contribution in [2.75, 3.05) is 38.7 Å². The van der Waals surface area contributed by atoms with Gasteiger partial charge in [-0.2, -0.15) is 0 Å². The third-order valence-corrected chi connectivity index (χ3v) is 4.61. The summed E-state index contributed by atoms with van der Waals surface area (Å²) in [5.41, 5.74) is -0.0724. The topological polar surface area (TPSA) is 78.8 Å². The van der Waals surface area contributed by atoms with Crippen LogP contribution >= 0.6 is 0 Å². The highest BCUT2D eigenvalue weighted by Crippen LogP contribution is 2.25. The monoisotopic (exact) mass is 356 g/mol. The summed E-state index contributed by atoms with van der Waals surface area (Å²) in [6, 6.07) is 9.22. The number of methoxy groups -OCH3 is 1. The first-order chi connectivity index (χ1) is 12.5. The molecule has 1 aliphatic rings. The summed E-state index contributed by atoms with van der Waals surface area (Å²) in [7, 11) is 3.33. The molecule has 2 heterocycles. The average Bonchev–Trinajstić information content (AvgIpc) is 3.04. The van der Waals surface area contributed by atoms with Crippen LogP contribution in [-0.2, 0) is 11.2 Å². The number of carbonyl (C=O) groups is 1. The van der Waals surface area contributed by atoms with Gasteiger partial charge in [-0.1, -0.05) is 12.1 Å². The second-order valence-corrected chi connectivity index (χ2v) is 6.72. The molecule has 26 heavy (non-hydrogen) atoms.